The first kappa shape index (κ1) is 24.2. The number of carbonyl (C=O) groups is 1. The Morgan fingerprint density at radius 1 is 1.03 bits per heavy atom. The molecule has 0 saturated heterocycles. The average Bonchev–Trinajstić information content (AvgIpc) is 2.74. The van der Waals surface area contributed by atoms with Crippen LogP contribution in [0.3, 0.4) is 0 Å². The van der Waals surface area contributed by atoms with Crippen LogP contribution in [0.2, 0.25) is 0 Å². The molecule has 0 aliphatic carbocycles. The summed E-state index contributed by atoms with van der Waals surface area (Å²) in [6.07, 6.45) is 1.58. The number of allylic oxidation sites excluding steroid dienone is 4. The van der Waals surface area contributed by atoms with Gasteiger partial charge in [0, 0.05) is 22.8 Å². The topological polar surface area (TPSA) is 116 Å². The highest BCUT2D eigenvalue weighted by molar-refractivity contribution is 6.07. The van der Waals surface area contributed by atoms with Crippen molar-refractivity contribution in [3.63, 3.8) is 0 Å². The highest BCUT2D eigenvalue weighted by atomic mass is 16.5. The summed E-state index contributed by atoms with van der Waals surface area (Å²) in [5.74, 6) is -0.909. The fourth-order valence-electron chi connectivity index (χ4n) is 3.86. The van der Waals surface area contributed by atoms with Gasteiger partial charge in [0.2, 0.25) is 5.78 Å². The molecule has 0 spiro atoms. The van der Waals surface area contributed by atoms with Gasteiger partial charge in [-0.1, -0.05) is 23.3 Å². The van der Waals surface area contributed by atoms with Crippen molar-refractivity contribution in [3.8, 4) is 28.7 Å². The summed E-state index contributed by atoms with van der Waals surface area (Å²) in [7, 11) is 1.40. The maximum absolute atomic E-state index is 13.4. The van der Waals surface area contributed by atoms with Gasteiger partial charge in [-0.05, 0) is 52.7 Å². The average molecular weight is 455 g/mol. The number of aliphatic hydroxyl groups is 1. The van der Waals surface area contributed by atoms with Crippen molar-refractivity contribution in [2.24, 2.45) is 0 Å². The molecule has 0 radical (unpaired) electrons. The lowest BCUT2D eigenvalue weighted by Gasteiger charge is -2.33. The first-order valence-electron chi connectivity index (χ1n) is 10.7. The van der Waals surface area contributed by atoms with Gasteiger partial charge in [0.05, 0.1) is 7.11 Å². The summed E-state index contributed by atoms with van der Waals surface area (Å²) in [4.78, 5) is 13.4. The Bertz CT molecular complexity index is 1140. The van der Waals surface area contributed by atoms with Gasteiger partial charge < -0.3 is 29.9 Å². The van der Waals surface area contributed by atoms with Gasteiger partial charge in [0.1, 0.15) is 34.3 Å². The number of hydrogen-bond donors (Lipinski definition) is 4. The molecule has 0 fully saturated rings. The fraction of sp³-hybridized carbons (Fsp3) is 0.346. The smallest absolute Gasteiger partial charge is 0.202 e. The van der Waals surface area contributed by atoms with E-state index in [0.29, 0.717) is 24.0 Å². The number of ether oxygens (including phenoxy) is 2. The molecule has 0 aromatic heterocycles. The number of ketones is 1. The first-order chi connectivity index (χ1) is 15.6. The zero-order valence-electron chi connectivity index (χ0n) is 19.5. The number of carbonyl (C=O) groups excluding carboxylic acids is 1. The molecule has 7 nitrogen and oxygen atoms in total. The minimum Gasteiger partial charge on any atom is -0.508 e. The molecule has 1 aliphatic heterocycles. The zero-order chi connectivity index (χ0) is 24.4. The van der Waals surface area contributed by atoms with E-state index in [-0.39, 0.29) is 39.9 Å². The summed E-state index contributed by atoms with van der Waals surface area (Å²) in [6, 6.07) is 3.82. The predicted molar refractivity (Wildman–Crippen MR) is 124 cm³/mol. The van der Waals surface area contributed by atoms with Crippen LogP contribution in [0.1, 0.15) is 60.8 Å². The van der Waals surface area contributed by atoms with Crippen molar-refractivity contribution >= 4 is 5.78 Å². The summed E-state index contributed by atoms with van der Waals surface area (Å²) in [6.45, 7) is 7.70. The van der Waals surface area contributed by atoms with Gasteiger partial charge in [-0.3, -0.25) is 4.79 Å². The number of benzene rings is 2. The van der Waals surface area contributed by atoms with Crippen LogP contribution in [0.5, 0.6) is 28.7 Å². The molecule has 0 amide bonds. The van der Waals surface area contributed by atoms with Crippen LogP contribution in [-0.2, 0) is 12.8 Å². The molecule has 7 heteroatoms. The third kappa shape index (κ3) is 4.68. The number of phenols is 3. The highest BCUT2D eigenvalue weighted by Gasteiger charge is 2.43. The second kappa shape index (κ2) is 9.58. The molecule has 3 rings (SSSR count). The number of aliphatic hydroxyl groups excluding tert-OH is 1. The van der Waals surface area contributed by atoms with Crippen LogP contribution < -0.4 is 9.47 Å². The minimum absolute atomic E-state index is 0.0431. The van der Waals surface area contributed by atoms with E-state index in [1.54, 1.807) is 0 Å². The Morgan fingerprint density at radius 2 is 1.64 bits per heavy atom. The van der Waals surface area contributed by atoms with Gasteiger partial charge in [-0.25, -0.2) is 0 Å². The van der Waals surface area contributed by atoms with Gasteiger partial charge in [-0.2, -0.15) is 0 Å². The normalized spacial score (nSPS) is 17.1. The van der Waals surface area contributed by atoms with Crippen LogP contribution in [0, 0.1) is 0 Å². The minimum atomic E-state index is -1.63. The van der Waals surface area contributed by atoms with Crippen molar-refractivity contribution in [2.45, 2.75) is 52.7 Å². The van der Waals surface area contributed by atoms with Crippen molar-refractivity contribution in [1.29, 1.82) is 0 Å². The van der Waals surface area contributed by atoms with Gasteiger partial charge in [0.25, 0.3) is 0 Å². The zero-order valence-corrected chi connectivity index (χ0v) is 19.5. The first-order valence-corrected chi connectivity index (χ1v) is 10.7. The lowest BCUT2D eigenvalue weighted by Crippen LogP contribution is -2.37. The largest absolute Gasteiger partial charge is 0.508 e. The molecule has 1 heterocycles. The quantitative estimate of drug-likeness (QED) is 0.475. The molecule has 33 heavy (non-hydrogen) atoms. The number of methoxy groups -OCH3 is 1. The lowest BCUT2D eigenvalue weighted by atomic mass is 9.87. The molecule has 2 aromatic rings. The van der Waals surface area contributed by atoms with E-state index in [1.807, 2.05) is 39.8 Å². The van der Waals surface area contributed by atoms with E-state index < -0.39 is 18.0 Å². The summed E-state index contributed by atoms with van der Waals surface area (Å²) in [5, 5.41) is 42.0. The molecule has 1 aliphatic rings. The van der Waals surface area contributed by atoms with Crippen molar-refractivity contribution in [1.82, 2.24) is 0 Å². The van der Waals surface area contributed by atoms with Gasteiger partial charge in [-0.15, -0.1) is 0 Å². The Labute approximate surface area is 193 Å². The summed E-state index contributed by atoms with van der Waals surface area (Å²) in [5.41, 5.74) is 3.08. The fourth-order valence-corrected chi connectivity index (χ4v) is 3.86. The maximum Gasteiger partial charge on any atom is 0.202 e. The number of Topliss-reactive ketones (excluding diaryl/α,β-unsaturated/α-hetero) is 1. The highest BCUT2D eigenvalue weighted by Crippen LogP contribution is 2.50. The maximum atomic E-state index is 13.4. The Morgan fingerprint density at radius 3 is 2.18 bits per heavy atom. The number of phenolic OH excluding ortho intramolecular Hbond substituents is 3. The van der Waals surface area contributed by atoms with E-state index in [2.05, 4.69) is 0 Å². The number of aromatic hydroxyl groups is 3. The van der Waals surface area contributed by atoms with Crippen LogP contribution in [0.25, 0.3) is 0 Å². The molecule has 0 bridgehead atoms. The van der Waals surface area contributed by atoms with Crippen molar-refractivity contribution in [2.75, 3.05) is 7.11 Å². The molecule has 176 valence electrons. The van der Waals surface area contributed by atoms with E-state index in [0.717, 1.165) is 17.2 Å². The Balaban J connectivity index is 2.28. The van der Waals surface area contributed by atoms with E-state index in [1.165, 1.54) is 19.2 Å². The van der Waals surface area contributed by atoms with E-state index in [9.17, 15) is 25.2 Å². The van der Waals surface area contributed by atoms with Gasteiger partial charge in [0.15, 0.2) is 12.2 Å². The van der Waals surface area contributed by atoms with Crippen LogP contribution >= 0.6 is 0 Å². The van der Waals surface area contributed by atoms with E-state index in [4.69, 9.17) is 9.47 Å². The molecule has 2 aromatic carbocycles. The standard InChI is InChI=1S/C26H30O7/c1-13(2)6-9-17-21(29)18(10-7-14(3)4)25-20(24(17)32-5)22(30)23(31)26(33-25)16-11-8-15(27)12-19(16)28/h6-8,11-12,23,26-29,31H,9-10H2,1-5H3/t23-,26+/m0/s1. The third-order valence-corrected chi connectivity index (χ3v) is 5.57. The monoisotopic (exact) mass is 454 g/mol. The number of hydrogen-bond acceptors (Lipinski definition) is 7. The lowest BCUT2D eigenvalue weighted by molar-refractivity contribution is 0.0198. The van der Waals surface area contributed by atoms with Crippen LogP contribution in [0.4, 0.5) is 0 Å². The van der Waals surface area contributed by atoms with Crippen LogP contribution in [0.15, 0.2) is 41.5 Å². The predicted octanol–water partition coefficient (Wildman–Crippen LogP) is 4.51. The van der Waals surface area contributed by atoms with Crippen LogP contribution in [-0.4, -0.2) is 39.4 Å². The molecular weight excluding hydrogens is 424 g/mol. The second-order valence-electron chi connectivity index (χ2n) is 8.60. The summed E-state index contributed by atoms with van der Waals surface area (Å²) >= 11 is 0. The molecular formula is C26H30O7. The Hall–Kier alpha value is -3.45. The molecule has 4 N–H and O–H groups in total. The van der Waals surface area contributed by atoms with Gasteiger partial charge >= 0.3 is 0 Å². The number of fused-ring (bicyclic) bond motifs is 1. The summed E-state index contributed by atoms with van der Waals surface area (Å²) < 4.78 is 11.6. The molecule has 2 atom stereocenters. The SMILES string of the molecule is COc1c(CC=C(C)C)c(O)c(CC=C(C)C)c2c1C(=O)[C@H](O)[C@@H](c1ccc(O)cc1O)O2. The molecule has 0 unspecified atom stereocenters. The number of rotatable bonds is 6. The second-order valence-corrected chi connectivity index (χ2v) is 8.60. The van der Waals surface area contributed by atoms with Crippen molar-refractivity contribution < 1.29 is 34.7 Å². The third-order valence-electron chi connectivity index (χ3n) is 5.57. The van der Waals surface area contributed by atoms with E-state index >= 15 is 0 Å². The molecule has 0 saturated carbocycles. The van der Waals surface area contributed by atoms with Crippen molar-refractivity contribution in [3.05, 3.63) is 63.8 Å². The Kier molecular flexibility index (Phi) is 7.03.